The number of aromatic nitrogens is 3. The van der Waals surface area contributed by atoms with Crippen LogP contribution in [0.15, 0.2) is 34.2 Å². The molecule has 2 aromatic heterocycles. The maximum Gasteiger partial charge on any atom is 0.262 e. The third-order valence-corrected chi connectivity index (χ3v) is 6.18. The zero-order valence-corrected chi connectivity index (χ0v) is 20.0. The van der Waals surface area contributed by atoms with Crippen LogP contribution < -0.4 is 5.56 Å². The molecule has 0 bridgehead atoms. The highest BCUT2D eigenvalue weighted by molar-refractivity contribution is 7.99. The van der Waals surface area contributed by atoms with Gasteiger partial charge in [0.25, 0.3) is 5.56 Å². The Morgan fingerprint density at radius 1 is 1.22 bits per heavy atom. The van der Waals surface area contributed by atoms with Crippen LogP contribution in [-0.4, -0.2) is 44.6 Å². The molecule has 0 aliphatic rings. The van der Waals surface area contributed by atoms with Gasteiger partial charge in [-0.2, -0.15) is 0 Å². The van der Waals surface area contributed by atoms with Gasteiger partial charge in [0, 0.05) is 24.4 Å². The number of hydrogen-bond acceptors (Lipinski definition) is 6. The Hall–Kier alpha value is -2.71. The van der Waals surface area contributed by atoms with Gasteiger partial charge in [-0.1, -0.05) is 23.9 Å². The number of fused-ring (bicyclic) bond motifs is 1. The van der Waals surface area contributed by atoms with E-state index in [2.05, 4.69) is 9.97 Å². The summed E-state index contributed by atoms with van der Waals surface area (Å²) in [5.41, 5.74) is 2.82. The van der Waals surface area contributed by atoms with Gasteiger partial charge in [0.1, 0.15) is 0 Å². The predicted molar refractivity (Wildman–Crippen MR) is 127 cm³/mol. The van der Waals surface area contributed by atoms with Crippen LogP contribution in [0.4, 0.5) is 0 Å². The lowest BCUT2D eigenvalue weighted by atomic mass is 10.1. The number of nitrogens with one attached hydrogen (secondary N) is 1. The lowest BCUT2D eigenvalue weighted by Gasteiger charge is -2.14. The summed E-state index contributed by atoms with van der Waals surface area (Å²) in [5.74, 6) is -0.109. The van der Waals surface area contributed by atoms with Crippen molar-refractivity contribution in [1.29, 1.82) is 0 Å². The molecule has 0 saturated carbocycles. The minimum Gasteiger partial charge on any atom is -0.379 e. The molecule has 1 aromatic carbocycles. The van der Waals surface area contributed by atoms with Crippen LogP contribution in [0.25, 0.3) is 10.9 Å². The first kappa shape index (κ1) is 23.9. The summed E-state index contributed by atoms with van der Waals surface area (Å²) in [7, 11) is 0. The predicted octanol–water partition coefficient (Wildman–Crippen LogP) is 4.33. The van der Waals surface area contributed by atoms with Gasteiger partial charge in [-0.25, -0.2) is 4.98 Å². The molecule has 0 aliphatic heterocycles. The van der Waals surface area contributed by atoms with Crippen molar-refractivity contribution >= 4 is 34.2 Å². The Bertz CT molecular complexity index is 1210. The summed E-state index contributed by atoms with van der Waals surface area (Å²) in [5, 5.41) is 1.05. The molecule has 2 heterocycles. The zero-order chi connectivity index (χ0) is 23.4. The van der Waals surface area contributed by atoms with Gasteiger partial charge in [0.05, 0.1) is 28.5 Å². The molecule has 3 aromatic rings. The highest BCUT2D eigenvalue weighted by Crippen LogP contribution is 2.23. The number of H-pyrrole nitrogens is 1. The summed E-state index contributed by atoms with van der Waals surface area (Å²) in [6, 6.07) is 7.21. The summed E-state index contributed by atoms with van der Waals surface area (Å²) in [6.45, 7) is 9.99. The first-order chi connectivity index (χ1) is 15.2. The second kappa shape index (κ2) is 10.3. The maximum atomic E-state index is 13.1. The second-order valence-electron chi connectivity index (χ2n) is 8.03. The molecule has 32 heavy (non-hydrogen) atoms. The number of carbonyl (C=O) groups is 2. The van der Waals surface area contributed by atoms with Gasteiger partial charge in [0.2, 0.25) is 0 Å². The molecule has 170 valence electrons. The number of carbonyl (C=O) groups excluding carboxylic acids is 2. The number of Topliss-reactive ketones (excluding diaryl/α,β-unsaturated/α-hetero) is 2. The lowest BCUT2D eigenvalue weighted by Crippen LogP contribution is -2.24. The molecule has 1 N–H and O–H groups in total. The van der Waals surface area contributed by atoms with Crippen molar-refractivity contribution < 1.29 is 14.3 Å². The minimum atomic E-state index is -0.139. The fourth-order valence-corrected chi connectivity index (χ4v) is 4.65. The molecule has 3 rings (SSSR count). The standard InChI is InChI=1S/C24H29N3O4S/c1-14(2)31-12-8-11-27-23(30)18-9-6-7-10-19(18)26-24(27)32-13-20(29)22-15(3)21(17(5)28)16(4)25-22/h6-7,9-10,14,25H,8,11-13H2,1-5H3. The number of thioether (sulfide) groups is 1. The third-order valence-electron chi connectivity index (χ3n) is 5.20. The average molecular weight is 456 g/mol. The van der Waals surface area contributed by atoms with Crippen molar-refractivity contribution in [3.05, 3.63) is 57.1 Å². The van der Waals surface area contributed by atoms with Crippen LogP contribution in [0, 0.1) is 13.8 Å². The van der Waals surface area contributed by atoms with Crippen LogP contribution in [0.1, 0.15) is 59.3 Å². The van der Waals surface area contributed by atoms with Crippen LogP contribution in [0.2, 0.25) is 0 Å². The molecule has 0 aliphatic carbocycles. The monoisotopic (exact) mass is 455 g/mol. The smallest absolute Gasteiger partial charge is 0.262 e. The Morgan fingerprint density at radius 3 is 2.59 bits per heavy atom. The van der Waals surface area contributed by atoms with E-state index in [9.17, 15) is 14.4 Å². The second-order valence-corrected chi connectivity index (χ2v) is 8.98. The normalized spacial score (nSPS) is 11.4. The molecular weight excluding hydrogens is 426 g/mol. The third kappa shape index (κ3) is 5.19. The maximum absolute atomic E-state index is 13.1. The first-order valence-corrected chi connectivity index (χ1v) is 11.7. The lowest BCUT2D eigenvalue weighted by molar-refractivity contribution is 0.0743. The van der Waals surface area contributed by atoms with Crippen LogP contribution >= 0.6 is 11.8 Å². The fraction of sp³-hybridized carbons (Fsp3) is 0.417. The number of benzene rings is 1. The molecule has 7 nitrogen and oxygen atoms in total. The van der Waals surface area contributed by atoms with Crippen LogP contribution in [0.3, 0.4) is 0 Å². The zero-order valence-electron chi connectivity index (χ0n) is 19.2. The number of ketones is 2. The molecule has 0 spiro atoms. The van der Waals surface area contributed by atoms with Gasteiger partial charge in [-0.15, -0.1) is 0 Å². The molecule has 0 amide bonds. The molecule has 0 radical (unpaired) electrons. The minimum absolute atomic E-state index is 0.0726. The van der Waals surface area contributed by atoms with Crippen molar-refractivity contribution in [2.75, 3.05) is 12.4 Å². The van der Waals surface area contributed by atoms with E-state index in [0.29, 0.717) is 58.1 Å². The van der Waals surface area contributed by atoms with Crippen molar-refractivity contribution in [1.82, 2.24) is 14.5 Å². The molecule has 0 fully saturated rings. The number of ether oxygens (including phenoxy) is 1. The number of hydrogen-bond donors (Lipinski definition) is 1. The number of aryl methyl sites for hydroxylation is 1. The number of aromatic amines is 1. The summed E-state index contributed by atoms with van der Waals surface area (Å²) >= 11 is 1.23. The SMILES string of the molecule is CC(=O)c1c(C)[nH]c(C(=O)CSc2nc3ccccc3c(=O)n2CCCOC(C)C)c1C. The summed E-state index contributed by atoms with van der Waals surface area (Å²) in [4.78, 5) is 45.6. The highest BCUT2D eigenvalue weighted by atomic mass is 32.2. The number of para-hydroxylation sites is 1. The van der Waals surface area contributed by atoms with E-state index < -0.39 is 0 Å². The summed E-state index contributed by atoms with van der Waals surface area (Å²) < 4.78 is 7.23. The molecule has 0 unspecified atom stereocenters. The van der Waals surface area contributed by atoms with Crippen molar-refractivity contribution in [2.45, 2.75) is 58.8 Å². The molecule has 8 heteroatoms. The van der Waals surface area contributed by atoms with Gasteiger partial charge in [-0.3, -0.25) is 19.0 Å². The van der Waals surface area contributed by atoms with E-state index in [1.807, 2.05) is 26.0 Å². The number of nitrogens with zero attached hydrogens (tertiary/aromatic N) is 2. The largest absolute Gasteiger partial charge is 0.379 e. The van der Waals surface area contributed by atoms with E-state index in [0.717, 1.165) is 0 Å². The topological polar surface area (TPSA) is 94.0 Å². The van der Waals surface area contributed by atoms with E-state index in [4.69, 9.17) is 4.74 Å². The van der Waals surface area contributed by atoms with Gasteiger partial charge < -0.3 is 9.72 Å². The van der Waals surface area contributed by atoms with Crippen molar-refractivity contribution in [3.8, 4) is 0 Å². The number of rotatable bonds is 10. The Kier molecular flexibility index (Phi) is 7.69. The van der Waals surface area contributed by atoms with Crippen molar-refractivity contribution in [3.63, 3.8) is 0 Å². The molecule has 0 saturated heterocycles. The molecular formula is C24H29N3O4S. The van der Waals surface area contributed by atoms with E-state index in [-0.39, 0.29) is 29.0 Å². The highest BCUT2D eigenvalue weighted by Gasteiger charge is 2.21. The first-order valence-electron chi connectivity index (χ1n) is 10.7. The molecule has 0 atom stereocenters. The Balaban J connectivity index is 1.86. The van der Waals surface area contributed by atoms with E-state index >= 15 is 0 Å². The van der Waals surface area contributed by atoms with Crippen molar-refractivity contribution in [2.24, 2.45) is 0 Å². The van der Waals surface area contributed by atoms with Crippen LogP contribution in [-0.2, 0) is 11.3 Å². The van der Waals surface area contributed by atoms with Gasteiger partial charge in [-0.05, 0) is 58.7 Å². The fourth-order valence-electron chi connectivity index (χ4n) is 3.76. The Labute approximate surface area is 191 Å². The van der Waals surface area contributed by atoms with Crippen LogP contribution in [0.5, 0.6) is 0 Å². The average Bonchev–Trinajstić information content (AvgIpc) is 3.04. The van der Waals surface area contributed by atoms with E-state index in [1.165, 1.54) is 18.7 Å². The van der Waals surface area contributed by atoms with Gasteiger partial charge >= 0.3 is 0 Å². The quantitative estimate of drug-likeness (QED) is 0.212. The Morgan fingerprint density at radius 2 is 1.94 bits per heavy atom. The summed E-state index contributed by atoms with van der Waals surface area (Å²) in [6.07, 6.45) is 0.788. The van der Waals surface area contributed by atoms with Gasteiger partial charge in [0.15, 0.2) is 16.7 Å². The van der Waals surface area contributed by atoms with E-state index in [1.54, 1.807) is 30.5 Å².